The van der Waals surface area contributed by atoms with E-state index in [1.54, 1.807) is 18.2 Å². The maximum Gasteiger partial charge on any atom is 0.417 e. The lowest BCUT2D eigenvalue weighted by Crippen LogP contribution is -2.67. The first-order valence-electron chi connectivity index (χ1n) is 6.01. The summed E-state index contributed by atoms with van der Waals surface area (Å²) in [6, 6.07) is 7.58. The van der Waals surface area contributed by atoms with Crippen molar-refractivity contribution in [2.24, 2.45) is 0 Å². The first-order valence-corrected chi connectivity index (χ1v) is 6.01. The fourth-order valence-corrected chi connectivity index (χ4v) is 2.56. The predicted molar refractivity (Wildman–Crippen MR) is 64.4 cm³/mol. The Balaban J connectivity index is 2.60. The van der Waals surface area contributed by atoms with Gasteiger partial charge in [-0.3, -0.25) is 4.79 Å². The van der Waals surface area contributed by atoms with Crippen LogP contribution in [0.2, 0.25) is 0 Å². The number of rotatable bonds is 1. The van der Waals surface area contributed by atoms with Crippen LogP contribution in [0.1, 0.15) is 12.5 Å². The van der Waals surface area contributed by atoms with E-state index < -0.39 is 17.6 Å². The fraction of sp³-hybridized carbons (Fsp3) is 0.462. The molecule has 0 bridgehead atoms. The van der Waals surface area contributed by atoms with Crippen molar-refractivity contribution in [1.82, 2.24) is 10.2 Å². The van der Waals surface area contributed by atoms with E-state index in [0.717, 1.165) is 4.90 Å². The number of benzene rings is 1. The highest BCUT2D eigenvalue weighted by molar-refractivity contribution is 5.75. The zero-order chi connectivity index (χ0) is 14.1. The van der Waals surface area contributed by atoms with E-state index in [-0.39, 0.29) is 18.7 Å². The Hall–Kier alpha value is -1.56. The summed E-state index contributed by atoms with van der Waals surface area (Å²) < 4.78 is 41.0. The Morgan fingerprint density at radius 2 is 1.95 bits per heavy atom. The smallest absolute Gasteiger partial charge is 0.322 e. The van der Waals surface area contributed by atoms with E-state index in [1.165, 1.54) is 19.1 Å². The number of nitrogens with one attached hydrogen (secondary N) is 1. The largest absolute Gasteiger partial charge is 0.417 e. The highest BCUT2D eigenvalue weighted by atomic mass is 19.4. The SMILES string of the molecule is CC(=O)N1CCNCC1(c1ccccc1)C(F)(F)F. The number of amides is 1. The quantitative estimate of drug-likeness (QED) is 0.847. The summed E-state index contributed by atoms with van der Waals surface area (Å²) in [5, 5.41) is 2.75. The van der Waals surface area contributed by atoms with E-state index in [0.29, 0.717) is 6.54 Å². The van der Waals surface area contributed by atoms with Crippen LogP contribution in [0.3, 0.4) is 0 Å². The zero-order valence-corrected chi connectivity index (χ0v) is 10.5. The molecule has 1 aliphatic rings. The van der Waals surface area contributed by atoms with E-state index in [4.69, 9.17) is 0 Å². The molecule has 0 aromatic heterocycles. The molecule has 0 saturated carbocycles. The third-order valence-corrected chi connectivity index (χ3v) is 3.45. The van der Waals surface area contributed by atoms with Crippen molar-refractivity contribution in [2.75, 3.05) is 19.6 Å². The monoisotopic (exact) mass is 272 g/mol. The normalized spacial score (nSPS) is 24.3. The van der Waals surface area contributed by atoms with Crippen molar-refractivity contribution in [2.45, 2.75) is 18.6 Å². The first-order chi connectivity index (χ1) is 8.89. The molecule has 1 unspecified atom stereocenters. The van der Waals surface area contributed by atoms with Crippen molar-refractivity contribution in [1.29, 1.82) is 0 Å². The Labute approximate surface area is 109 Å². The fourth-order valence-electron chi connectivity index (χ4n) is 2.56. The molecule has 1 amide bonds. The molecule has 1 heterocycles. The third-order valence-electron chi connectivity index (χ3n) is 3.45. The number of halogens is 3. The van der Waals surface area contributed by atoms with Gasteiger partial charge in [-0.25, -0.2) is 0 Å². The summed E-state index contributed by atoms with van der Waals surface area (Å²) in [4.78, 5) is 12.5. The van der Waals surface area contributed by atoms with Gasteiger partial charge < -0.3 is 10.2 Å². The Kier molecular flexibility index (Phi) is 3.54. The van der Waals surface area contributed by atoms with Crippen molar-refractivity contribution >= 4 is 5.91 Å². The number of carbonyl (C=O) groups excluding carboxylic acids is 1. The molecule has 0 spiro atoms. The van der Waals surface area contributed by atoms with Crippen molar-refractivity contribution in [3.63, 3.8) is 0 Å². The topological polar surface area (TPSA) is 32.3 Å². The number of hydrogen-bond acceptors (Lipinski definition) is 2. The Morgan fingerprint density at radius 1 is 1.32 bits per heavy atom. The van der Waals surface area contributed by atoms with Gasteiger partial charge in [0.1, 0.15) is 0 Å². The average molecular weight is 272 g/mol. The van der Waals surface area contributed by atoms with E-state index in [2.05, 4.69) is 5.32 Å². The molecule has 1 fully saturated rings. The van der Waals surface area contributed by atoms with Crippen LogP contribution >= 0.6 is 0 Å². The van der Waals surface area contributed by atoms with Gasteiger partial charge in [0, 0.05) is 26.6 Å². The molecule has 0 radical (unpaired) electrons. The van der Waals surface area contributed by atoms with Crippen LogP contribution in [-0.4, -0.2) is 36.6 Å². The highest BCUT2D eigenvalue weighted by Gasteiger charge is 2.61. The second-order valence-electron chi connectivity index (χ2n) is 4.57. The number of nitrogens with zero attached hydrogens (tertiary/aromatic N) is 1. The van der Waals surface area contributed by atoms with Crippen LogP contribution in [0.25, 0.3) is 0 Å². The minimum Gasteiger partial charge on any atom is -0.322 e. The molecule has 1 N–H and O–H groups in total. The summed E-state index contributed by atoms with van der Waals surface area (Å²) in [5.41, 5.74) is -2.19. The maximum absolute atomic E-state index is 13.7. The van der Waals surface area contributed by atoms with Crippen LogP contribution in [-0.2, 0) is 10.3 Å². The number of piperazine rings is 1. The van der Waals surface area contributed by atoms with Gasteiger partial charge in [-0.05, 0) is 5.56 Å². The molecule has 3 nitrogen and oxygen atoms in total. The van der Waals surface area contributed by atoms with Gasteiger partial charge in [-0.15, -0.1) is 0 Å². The lowest BCUT2D eigenvalue weighted by Gasteiger charge is -2.48. The lowest BCUT2D eigenvalue weighted by atomic mass is 9.85. The standard InChI is InChI=1S/C13H15F3N2O/c1-10(19)18-8-7-17-9-12(18,13(14,15)16)11-5-3-2-4-6-11/h2-6,17H,7-9H2,1H3. The summed E-state index contributed by atoms with van der Waals surface area (Å²) in [6.45, 7) is 1.27. The van der Waals surface area contributed by atoms with E-state index >= 15 is 0 Å². The summed E-state index contributed by atoms with van der Waals surface area (Å²) in [5.74, 6) is -0.567. The molecule has 104 valence electrons. The molecule has 6 heteroatoms. The Bertz CT molecular complexity index is 461. The minimum absolute atomic E-state index is 0.0454. The number of hydrogen-bond donors (Lipinski definition) is 1. The summed E-state index contributed by atoms with van der Waals surface area (Å²) in [7, 11) is 0. The second kappa shape index (κ2) is 4.85. The molecule has 0 aliphatic carbocycles. The van der Waals surface area contributed by atoms with Crippen LogP contribution in [0.15, 0.2) is 30.3 Å². The molecule has 1 atom stereocenters. The van der Waals surface area contributed by atoms with Gasteiger partial charge in [0.05, 0.1) is 0 Å². The molecular weight excluding hydrogens is 257 g/mol. The van der Waals surface area contributed by atoms with Crippen LogP contribution in [0.5, 0.6) is 0 Å². The molecule has 2 rings (SSSR count). The van der Waals surface area contributed by atoms with Gasteiger partial charge in [0.25, 0.3) is 0 Å². The lowest BCUT2D eigenvalue weighted by molar-refractivity contribution is -0.240. The number of alkyl halides is 3. The van der Waals surface area contributed by atoms with Crippen LogP contribution < -0.4 is 5.32 Å². The summed E-state index contributed by atoms with van der Waals surface area (Å²) >= 11 is 0. The number of carbonyl (C=O) groups is 1. The molecule has 1 saturated heterocycles. The molecule has 1 aromatic carbocycles. The third kappa shape index (κ3) is 2.20. The van der Waals surface area contributed by atoms with Crippen LogP contribution in [0, 0.1) is 0 Å². The Morgan fingerprint density at radius 3 is 2.47 bits per heavy atom. The van der Waals surface area contributed by atoms with Gasteiger partial charge in [-0.1, -0.05) is 30.3 Å². The van der Waals surface area contributed by atoms with Crippen molar-refractivity contribution in [3.05, 3.63) is 35.9 Å². The second-order valence-corrected chi connectivity index (χ2v) is 4.57. The molecule has 19 heavy (non-hydrogen) atoms. The summed E-state index contributed by atoms with van der Waals surface area (Å²) in [6.07, 6.45) is -4.53. The first kappa shape index (κ1) is 13.9. The maximum atomic E-state index is 13.7. The van der Waals surface area contributed by atoms with Gasteiger partial charge >= 0.3 is 6.18 Å². The van der Waals surface area contributed by atoms with Crippen molar-refractivity contribution in [3.8, 4) is 0 Å². The van der Waals surface area contributed by atoms with Crippen molar-refractivity contribution < 1.29 is 18.0 Å². The molecular formula is C13H15F3N2O. The van der Waals surface area contributed by atoms with E-state index in [1.807, 2.05) is 0 Å². The minimum atomic E-state index is -4.53. The average Bonchev–Trinajstić information content (AvgIpc) is 2.38. The molecule has 1 aromatic rings. The molecule has 1 aliphatic heterocycles. The predicted octanol–water partition coefficient (Wildman–Crippen LogP) is 1.90. The highest BCUT2D eigenvalue weighted by Crippen LogP contribution is 2.44. The van der Waals surface area contributed by atoms with Gasteiger partial charge in [-0.2, -0.15) is 13.2 Å². The van der Waals surface area contributed by atoms with Gasteiger partial charge in [0.2, 0.25) is 5.91 Å². The van der Waals surface area contributed by atoms with Crippen LogP contribution in [0.4, 0.5) is 13.2 Å². The van der Waals surface area contributed by atoms with Gasteiger partial charge in [0.15, 0.2) is 5.54 Å². The zero-order valence-electron chi connectivity index (χ0n) is 10.5. The van der Waals surface area contributed by atoms with E-state index in [9.17, 15) is 18.0 Å².